The molecule has 4 rings (SSSR count). The molecule has 0 bridgehead atoms. The van der Waals surface area contributed by atoms with E-state index < -0.39 is 0 Å². The van der Waals surface area contributed by atoms with Gasteiger partial charge < -0.3 is 14.5 Å². The molecule has 2 amide bonds. The molecule has 0 N–H and O–H groups in total. The molecule has 1 atom stereocenters. The number of piperidine rings is 1. The number of hydrogen-bond donors (Lipinski definition) is 0. The lowest BCUT2D eigenvalue weighted by molar-refractivity contribution is -0.146. The van der Waals surface area contributed by atoms with E-state index >= 15 is 0 Å². The van der Waals surface area contributed by atoms with Gasteiger partial charge >= 0.3 is 0 Å². The van der Waals surface area contributed by atoms with Gasteiger partial charge in [0, 0.05) is 32.2 Å². The van der Waals surface area contributed by atoms with Gasteiger partial charge in [-0.3, -0.25) is 14.3 Å². The van der Waals surface area contributed by atoms with Crippen LogP contribution in [0.4, 0.5) is 0 Å². The van der Waals surface area contributed by atoms with Crippen molar-refractivity contribution in [1.82, 2.24) is 19.6 Å². The first kappa shape index (κ1) is 16.6. The van der Waals surface area contributed by atoms with Gasteiger partial charge in [0.25, 0.3) is 5.91 Å². The van der Waals surface area contributed by atoms with E-state index in [1.54, 1.807) is 0 Å². The lowest BCUT2D eigenvalue weighted by atomic mass is 9.94. The topological polar surface area (TPSA) is 67.7 Å². The van der Waals surface area contributed by atoms with E-state index in [-0.39, 0.29) is 23.8 Å². The van der Waals surface area contributed by atoms with Crippen LogP contribution in [0, 0.1) is 12.8 Å². The number of ether oxygens (including phenoxy) is 1. The molecule has 2 fully saturated rings. The summed E-state index contributed by atoms with van der Waals surface area (Å²) < 4.78 is 7.50. The van der Waals surface area contributed by atoms with Crippen LogP contribution in [0.1, 0.15) is 37.1 Å². The Labute approximate surface area is 147 Å². The number of fused-ring (bicyclic) bond motifs is 1. The summed E-state index contributed by atoms with van der Waals surface area (Å²) in [5.41, 5.74) is 2.12. The fourth-order valence-electron chi connectivity index (χ4n) is 4.18. The number of hydrogen-bond acceptors (Lipinski definition) is 4. The van der Waals surface area contributed by atoms with E-state index in [1.165, 1.54) is 0 Å². The zero-order chi connectivity index (χ0) is 17.4. The molecule has 2 saturated heterocycles. The molecule has 0 radical (unpaired) electrons. The van der Waals surface area contributed by atoms with Crippen LogP contribution < -0.4 is 0 Å². The van der Waals surface area contributed by atoms with Crippen molar-refractivity contribution in [2.45, 2.75) is 51.8 Å². The second-order valence-corrected chi connectivity index (χ2v) is 7.36. The average molecular weight is 346 g/mol. The van der Waals surface area contributed by atoms with Crippen LogP contribution in [0.2, 0.25) is 0 Å². The first-order chi connectivity index (χ1) is 12.1. The molecule has 3 aliphatic rings. The van der Waals surface area contributed by atoms with E-state index in [0.29, 0.717) is 26.2 Å². The zero-order valence-electron chi connectivity index (χ0n) is 14.8. The highest BCUT2D eigenvalue weighted by molar-refractivity contribution is 5.82. The van der Waals surface area contributed by atoms with Crippen LogP contribution in [0.15, 0.2) is 6.07 Å². The van der Waals surface area contributed by atoms with Crippen molar-refractivity contribution in [3.63, 3.8) is 0 Å². The summed E-state index contributed by atoms with van der Waals surface area (Å²) in [6.07, 6.45) is 3.06. The van der Waals surface area contributed by atoms with Crippen LogP contribution in [0.25, 0.3) is 0 Å². The van der Waals surface area contributed by atoms with Gasteiger partial charge in [0.2, 0.25) is 5.91 Å². The van der Waals surface area contributed by atoms with E-state index in [4.69, 9.17) is 4.74 Å². The van der Waals surface area contributed by atoms with Crippen molar-refractivity contribution in [1.29, 1.82) is 0 Å². The van der Waals surface area contributed by atoms with E-state index in [9.17, 15) is 9.59 Å². The molecule has 4 heterocycles. The summed E-state index contributed by atoms with van der Waals surface area (Å²) in [6, 6.07) is 2.06. The van der Waals surface area contributed by atoms with Crippen LogP contribution >= 0.6 is 0 Å². The molecule has 3 aliphatic heterocycles. The number of amides is 2. The van der Waals surface area contributed by atoms with Crippen molar-refractivity contribution in [2.24, 2.45) is 5.92 Å². The molecule has 0 unspecified atom stereocenters. The molecular formula is C18H26N4O3. The molecule has 7 heteroatoms. The number of carbonyl (C=O) groups excluding carboxylic acids is 2. The number of carbonyl (C=O) groups is 2. The summed E-state index contributed by atoms with van der Waals surface area (Å²) >= 11 is 0. The highest BCUT2D eigenvalue weighted by atomic mass is 16.5. The molecule has 0 spiro atoms. The fraction of sp³-hybridized carbons (Fsp3) is 0.722. The van der Waals surface area contributed by atoms with Crippen LogP contribution in [0.5, 0.6) is 0 Å². The van der Waals surface area contributed by atoms with Gasteiger partial charge in [-0.1, -0.05) is 0 Å². The minimum Gasteiger partial charge on any atom is -0.368 e. The molecule has 0 saturated carbocycles. The number of rotatable bonds is 2. The Morgan fingerprint density at radius 3 is 2.60 bits per heavy atom. The monoisotopic (exact) mass is 346 g/mol. The maximum absolute atomic E-state index is 12.9. The summed E-state index contributed by atoms with van der Waals surface area (Å²) in [6.45, 7) is 6.15. The summed E-state index contributed by atoms with van der Waals surface area (Å²) in [5.74, 6) is 0.374. The fourth-order valence-corrected chi connectivity index (χ4v) is 4.18. The molecule has 1 aromatic rings. The first-order valence-electron chi connectivity index (χ1n) is 9.34. The molecule has 1 aromatic heterocycles. The van der Waals surface area contributed by atoms with E-state index in [0.717, 1.165) is 50.2 Å². The lowest BCUT2D eigenvalue weighted by Crippen LogP contribution is -2.48. The second kappa shape index (κ2) is 6.78. The van der Waals surface area contributed by atoms with Gasteiger partial charge in [-0.2, -0.15) is 5.10 Å². The Hall–Kier alpha value is -1.89. The molecule has 25 heavy (non-hydrogen) atoms. The van der Waals surface area contributed by atoms with Crippen molar-refractivity contribution in [3.05, 3.63) is 17.5 Å². The highest BCUT2D eigenvalue weighted by Gasteiger charge is 2.34. The summed E-state index contributed by atoms with van der Waals surface area (Å²) in [4.78, 5) is 29.1. The largest absolute Gasteiger partial charge is 0.368 e. The normalized spacial score (nSPS) is 24.4. The smallest absolute Gasteiger partial charge is 0.251 e. The van der Waals surface area contributed by atoms with Gasteiger partial charge in [-0.25, -0.2) is 0 Å². The van der Waals surface area contributed by atoms with Gasteiger partial charge in [0.1, 0.15) is 6.10 Å². The highest BCUT2D eigenvalue weighted by Crippen LogP contribution is 2.24. The third kappa shape index (κ3) is 3.29. The van der Waals surface area contributed by atoms with Gasteiger partial charge in [0.15, 0.2) is 0 Å². The van der Waals surface area contributed by atoms with Crippen LogP contribution in [-0.4, -0.2) is 63.7 Å². The Morgan fingerprint density at radius 2 is 1.88 bits per heavy atom. The SMILES string of the molecule is Cc1cc2n(n1)CCN(C(=O)C1CCN(C(=O)[C@@H]3CCCO3)CC1)C2. The standard InChI is InChI=1S/C18H26N4O3/c1-13-11-15-12-21(8-9-22(15)19-13)17(23)14-4-6-20(7-5-14)18(24)16-3-2-10-25-16/h11,14,16H,2-10,12H2,1H3/t16-/m0/s1. The summed E-state index contributed by atoms with van der Waals surface area (Å²) in [5, 5.41) is 4.45. The van der Waals surface area contributed by atoms with Gasteiger partial charge in [-0.05, 0) is 38.7 Å². The van der Waals surface area contributed by atoms with Crippen LogP contribution in [0.3, 0.4) is 0 Å². The lowest BCUT2D eigenvalue weighted by Gasteiger charge is -2.36. The maximum Gasteiger partial charge on any atom is 0.251 e. The first-order valence-corrected chi connectivity index (χ1v) is 9.34. The Morgan fingerprint density at radius 1 is 1.08 bits per heavy atom. The molecular weight excluding hydrogens is 320 g/mol. The Kier molecular flexibility index (Phi) is 4.50. The third-order valence-electron chi connectivity index (χ3n) is 5.59. The van der Waals surface area contributed by atoms with Crippen molar-refractivity contribution in [2.75, 3.05) is 26.2 Å². The minimum atomic E-state index is -0.252. The third-order valence-corrected chi connectivity index (χ3v) is 5.59. The number of aromatic nitrogens is 2. The van der Waals surface area contributed by atoms with Gasteiger partial charge in [-0.15, -0.1) is 0 Å². The molecule has 7 nitrogen and oxygen atoms in total. The Balaban J connectivity index is 1.32. The van der Waals surface area contributed by atoms with E-state index in [1.807, 2.05) is 21.4 Å². The molecule has 0 aliphatic carbocycles. The summed E-state index contributed by atoms with van der Waals surface area (Å²) in [7, 11) is 0. The molecule has 136 valence electrons. The van der Waals surface area contributed by atoms with Crippen LogP contribution in [-0.2, 0) is 27.4 Å². The quantitative estimate of drug-likeness (QED) is 0.800. The second-order valence-electron chi connectivity index (χ2n) is 7.36. The molecule has 0 aromatic carbocycles. The van der Waals surface area contributed by atoms with Crippen molar-refractivity contribution >= 4 is 11.8 Å². The Bertz CT molecular complexity index is 657. The van der Waals surface area contributed by atoms with Crippen molar-refractivity contribution in [3.8, 4) is 0 Å². The number of nitrogens with zero attached hydrogens (tertiary/aromatic N) is 4. The van der Waals surface area contributed by atoms with Gasteiger partial charge in [0.05, 0.1) is 24.5 Å². The predicted octanol–water partition coefficient (Wildman–Crippen LogP) is 0.951. The van der Waals surface area contributed by atoms with E-state index in [2.05, 4.69) is 11.2 Å². The average Bonchev–Trinajstić information content (AvgIpc) is 3.28. The zero-order valence-corrected chi connectivity index (χ0v) is 14.8. The minimum absolute atomic E-state index is 0.0316. The number of aryl methyl sites for hydroxylation is 1. The van der Waals surface area contributed by atoms with Crippen molar-refractivity contribution < 1.29 is 14.3 Å². The maximum atomic E-state index is 12.9. The predicted molar refractivity (Wildman–Crippen MR) is 90.7 cm³/mol. The number of likely N-dealkylation sites (tertiary alicyclic amines) is 1.